The number of ether oxygens (including phenoxy) is 1. The molecular formula is C33H34N4O5. The second-order valence-corrected chi connectivity index (χ2v) is 10.2. The first-order valence-corrected chi connectivity index (χ1v) is 14.0. The van der Waals surface area contributed by atoms with Gasteiger partial charge in [-0.05, 0) is 35.7 Å². The summed E-state index contributed by atoms with van der Waals surface area (Å²) in [6, 6.07) is 26.3. The molecule has 2 heterocycles. The van der Waals surface area contributed by atoms with Gasteiger partial charge in [-0.25, -0.2) is 4.79 Å². The van der Waals surface area contributed by atoms with Crippen molar-refractivity contribution in [2.45, 2.75) is 25.8 Å². The van der Waals surface area contributed by atoms with Crippen molar-refractivity contribution in [3.05, 3.63) is 102 Å². The first kappa shape index (κ1) is 28.5. The number of hydrogen-bond acceptors (Lipinski definition) is 4. The van der Waals surface area contributed by atoms with Crippen molar-refractivity contribution in [2.75, 3.05) is 32.1 Å². The fourth-order valence-corrected chi connectivity index (χ4v) is 5.39. The van der Waals surface area contributed by atoms with Gasteiger partial charge in [-0.3, -0.25) is 9.59 Å². The van der Waals surface area contributed by atoms with Crippen molar-refractivity contribution >= 4 is 23.6 Å². The van der Waals surface area contributed by atoms with Gasteiger partial charge in [-0.1, -0.05) is 67.6 Å². The molecule has 3 amide bonds. The average molecular weight is 567 g/mol. The summed E-state index contributed by atoms with van der Waals surface area (Å²) in [7, 11) is 1.58. The van der Waals surface area contributed by atoms with Crippen LogP contribution >= 0.6 is 0 Å². The number of benzene rings is 3. The molecule has 0 radical (unpaired) electrons. The molecule has 1 atom stereocenters. The van der Waals surface area contributed by atoms with Crippen molar-refractivity contribution in [1.29, 1.82) is 0 Å². The monoisotopic (exact) mass is 566 g/mol. The van der Waals surface area contributed by atoms with Crippen LogP contribution in [-0.4, -0.2) is 70.2 Å². The van der Waals surface area contributed by atoms with Crippen molar-refractivity contribution in [3.63, 3.8) is 0 Å². The molecule has 4 aromatic rings. The lowest BCUT2D eigenvalue weighted by Crippen LogP contribution is -2.57. The molecule has 1 aromatic heterocycles. The highest BCUT2D eigenvalue weighted by Gasteiger charge is 2.35. The van der Waals surface area contributed by atoms with Crippen LogP contribution in [-0.2, 0) is 11.2 Å². The minimum absolute atomic E-state index is 0.133. The molecule has 1 aliphatic heterocycles. The van der Waals surface area contributed by atoms with Crippen LogP contribution in [0.1, 0.15) is 29.3 Å². The van der Waals surface area contributed by atoms with E-state index in [1.54, 1.807) is 37.1 Å². The molecule has 0 spiro atoms. The average Bonchev–Trinajstić information content (AvgIpc) is 3.47. The van der Waals surface area contributed by atoms with Crippen molar-refractivity contribution < 1.29 is 24.2 Å². The predicted octanol–water partition coefficient (Wildman–Crippen LogP) is 5.55. The van der Waals surface area contributed by atoms with E-state index in [1.165, 1.54) is 4.90 Å². The Balaban J connectivity index is 1.60. The third-order valence-electron chi connectivity index (χ3n) is 7.55. The third kappa shape index (κ3) is 6.00. The molecule has 0 unspecified atom stereocenters. The lowest BCUT2D eigenvalue weighted by molar-refractivity contribution is -0.115. The normalized spacial score (nSPS) is 14.9. The number of carboxylic acid groups (broad SMARTS) is 1. The Bertz CT molecular complexity index is 1570. The molecule has 3 aromatic carbocycles. The van der Waals surface area contributed by atoms with E-state index in [4.69, 9.17) is 4.74 Å². The number of aromatic nitrogens is 1. The first-order valence-electron chi connectivity index (χ1n) is 14.0. The molecular weight excluding hydrogens is 532 g/mol. The number of hydrogen-bond donors (Lipinski definition) is 2. The summed E-state index contributed by atoms with van der Waals surface area (Å²) in [5, 5.41) is 12.7. The van der Waals surface area contributed by atoms with Gasteiger partial charge in [-0.15, -0.1) is 0 Å². The van der Waals surface area contributed by atoms with Crippen LogP contribution in [0.2, 0.25) is 0 Å². The fraction of sp³-hybridized carbons (Fsp3) is 0.242. The number of nitrogens with one attached hydrogen (secondary N) is 1. The van der Waals surface area contributed by atoms with Gasteiger partial charge in [0.25, 0.3) is 5.91 Å². The smallest absolute Gasteiger partial charge is 0.407 e. The van der Waals surface area contributed by atoms with Gasteiger partial charge in [0.2, 0.25) is 5.91 Å². The number of carbonyl (C=O) groups is 3. The van der Waals surface area contributed by atoms with E-state index < -0.39 is 6.09 Å². The number of methoxy groups -OCH3 is 1. The standard InChI is InChI=1S/C33H34N4O5/c1-3-30(38)34-28-15-14-26(42-2)21-29(28)37-17-16-27(31(37)24-12-8-5-9-13-24)32(39)36-19-18-35(33(40)41)22-25(36)20-23-10-6-4-7-11-23/h4-17,21,25H,3,18-20,22H2,1-2H3,(H,34,38)(H,40,41)/t25-/m1/s1. The summed E-state index contributed by atoms with van der Waals surface area (Å²) in [5.74, 6) is 0.291. The molecule has 1 fully saturated rings. The van der Waals surface area contributed by atoms with Crippen LogP contribution in [0.5, 0.6) is 5.75 Å². The molecule has 1 saturated heterocycles. The zero-order valence-electron chi connectivity index (χ0n) is 23.7. The molecule has 9 heteroatoms. The number of piperazine rings is 1. The lowest BCUT2D eigenvalue weighted by Gasteiger charge is -2.40. The van der Waals surface area contributed by atoms with Crippen molar-refractivity contribution in [3.8, 4) is 22.7 Å². The quantitative estimate of drug-likeness (QED) is 0.291. The summed E-state index contributed by atoms with van der Waals surface area (Å²) in [5.41, 5.74) is 4.25. The Hall–Kier alpha value is -5.05. The third-order valence-corrected chi connectivity index (χ3v) is 7.55. The van der Waals surface area contributed by atoms with Crippen molar-refractivity contribution in [1.82, 2.24) is 14.4 Å². The van der Waals surface area contributed by atoms with E-state index in [9.17, 15) is 19.5 Å². The topological polar surface area (TPSA) is 104 Å². The fourth-order valence-electron chi connectivity index (χ4n) is 5.39. The van der Waals surface area contributed by atoms with E-state index in [-0.39, 0.29) is 37.5 Å². The number of amides is 3. The van der Waals surface area contributed by atoms with Crippen LogP contribution in [0.3, 0.4) is 0 Å². The highest BCUT2D eigenvalue weighted by atomic mass is 16.5. The molecule has 0 aliphatic carbocycles. The highest BCUT2D eigenvalue weighted by Crippen LogP contribution is 2.35. The molecule has 9 nitrogen and oxygen atoms in total. The molecule has 216 valence electrons. The highest BCUT2D eigenvalue weighted by molar-refractivity contribution is 6.01. The SMILES string of the molecule is CCC(=O)Nc1ccc(OC)cc1-n1ccc(C(=O)N2CCN(C(=O)O)C[C@H]2Cc2ccccc2)c1-c1ccccc1. The number of rotatable bonds is 8. The minimum Gasteiger partial charge on any atom is -0.497 e. The van der Waals surface area contributed by atoms with E-state index >= 15 is 0 Å². The second-order valence-electron chi connectivity index (χ2n) is 10.2. The van der Waals surface area contributed by atoms with Gasteiger partial charge in [-0.2, -0.15) is 0 Å². The summed E-state index contributed by atoms with van der Waals surface area (Å²) in [4.78, 5) is 41.8. The zero-order chi connectivity index (χ0) is 29.6. The van der Waals surface area contributed by atoms with Crippen LogP contribution in [0.25, 0.3) is 16.9 Å². The van der Waals surface area contributed by atoms with E-state index in [2.05, 4.69) is 5.32 Å². The Morgan fingerprint density at radius 3 is 2.33 bits per heavy atom. The van der Waals surface area contributed by atoms with E-state index in [0.717, 1.165) is 11.1 Å². The summed E-state index contributed by atoms with van der Waals surface area (Å²) in [6.07, 6.45) is 1.68. The molecule has 0 saturated carbocycles. The number of nitrogens with zero attached hydrogens (tertiary/aromatic N) is 3. The maximum absolute atomic E-state index is 14.4. The largest absolute Gasteiger partial charge is 0.497 e. The number of carbonyl (C=O) groups excluding carboxylic acids is 2. The molecule has 2 N–H and O–H groups in total. The predicted molar refractivity (Wildman–Crippen MR) is 161 cm³/mol. The van der Waals surface area contributed by atoms with Gasteiger partial charge in [0.15, 0.2) is 0 Å². The Kier molecular flexibility index (Phi) is 8.57. The maximum Gasteiger partial charge on any atom is 0.407 e. The minimum atomic E-state index is -0.990. The first-order chi connectivity index (χ1) is 20.4. The van der Waals surface area contributed by atoms with Crippen LogP contribution in [0.15, 0.2) is 91.1 Å². The number of anilines is 1. The van der Waals surface area contributed by atoms with E-state index in [1.807, 2.05) is 77.5 Å². The van der Waals surface area contributed by atoms with Crippen molar-refractivity contribution in [2.24, 2.45) is 0 Å². The second kappa shape index (κ2) is 12.6. The molecule has 1 aliphatic rings. The lowest BCUT2D eigenvalue weighted by atomic mass is 10.00. The zero-order valence-corrected chi connectivity index (χ0v) is 23.7. The Morgan fingerprint density at radius 1 is 0.952 bits per heavy atom. The van der Waals surface area contributed by atoms with Gasteiger partial charge in [0.1, 0.15) is 5.75 Å². The summed E-state index contributed by atoms with van der Waals surface area (Å²) in [6.45, 7) is 2.52. The van der Waals surface area contributed by atoms with Crippen LogP contribution < -0.4 is 10.1 Å². The summed E-state index contributed by atoms with van der Waals surface area (Å²) >= 11 is 0. The molecule has 0 bridgehead atoms. The van der Waals surface area contributed by atoms with E-state index in [0.29, 0.717) is 41.2 Å². The van der Waals surface area contributed by atoms with Gasteiger partial charge >= 0.3 is 6.09 Å². The van der Waals surface area contributed by atoms with Gasteiger partial charge in [0.05, 0.1) is 35.8 Å². The summed E-state index contributed by atoms with van der Waals surface area (Å²) < 4.78 is 7.40. The van der Waals surface area contributed by atoms with Gasteiger partial charge < -0.3 is 29.5 Å². The van der Waals surface area contributed by atoms with Gasteiger partial charge in [0, 0.05) is 38.3 Å². The molecule has 5 rings (SSSR count). The molecule has 42 heavy (non-hydrogen) atoms. The maximum atomic E-state index is 14.4. The Morgan fingerprint density at radius 2 is 1.67 bits per heavy atom. The Labute approximate surface area is 244 Å². The van der Waals surface area contributed by atoms with Crippen LogP contribution in [0, 0.1) is 0 Å². The van der Waals surface area contributed by atoms with Crippen LogP contribution in [0.4, 0.5) is 10.5 Å².